The number of benzene rings is 2. The topological polar surface area (TPSA) is 94.5 Å². The average Bonchev–Trinajstić information content (AvgIpc) is 3.12. The zero-order valence-electron chi connectivity index (χ0n) is 15.2. The first-order valence-electron chi connectivity index (χ1n) is 8.47. The number of nitro groups is 1. The zero-order chi connectivity index (χ0) is 19.2. The van der Waals surface area contributed by atoms with Crippen LogP contribution in [0.25, 0.3) is 11.4 Å². The van der Waals surface area contributed by atoms with Gasteiger partial charge in [0.05, 0.1) is 11.5 Å². The normalized spacial score (nSPS) is 10.9. The van der Waals surface area contributed by atoms with E-state index in [0.29, 0.717) is 37.0 Å². The molecule has 0 aliphatic carbocycles. The minimum Gasteiger partial charge on any atom is -0.492 e. The van der Waals surface area contributed by atoms with Crippen molar-refractivity contribution in [2.45, 2.75) is 13.5 Å². The predicted octanol–water partition coefficient (Wildman–Crippen LogP) is 3.46. The van der Waals surface area contributed by atoms with Gasteiger partial charge in [0.2, 0.25) is 11.7 Å². The maximum Gasteiger partial charge on any atom is 0.269 e. The minimum absolute atomic E-state index is 0.0239. The maximum absolute atomic E-state index is 10.7. The lowest BCUT2D eigenvalue weighted by atomic mass is 10.2. The molecule has 27 heavy (non-hydrogen) atoms. The average molecular weight is 368 g/mol. The smallest absolute Gasteiger partial charge is 0.269 e. The van der Waals surface area contributed by atoms with E-state index in [0.717, 1.165) is 5.75 Å². The van der Waals surface area contributed by atoms with Crippen LogP contribution in [0.1, 0.15) is 11.5 Å². The lowest BCUT2D eigenvalue weighted by molar-refractivity contribution is -0.384. The molecular weight excluding hydrogens is 348 g/mol. The Kier molecular flexibility index (Phi) is 5.77. The van der Waals surface area contributed by atoms with Crippen molar-refractivity contribution in [2.75, 3.05) is 20.2 Å². The molecule has 8 nitrogen and oxygen atoms in total. The number of aryl methyl sites for hydroxylation is 1. The van der Waals surface area contributed by atoms with Crippen molar-refractivity contribution in [3.8, 4) is 17.1 Å². The second-order valence-corrected chi connectivity index (χ2v) is 6.22. The summed E-state index contributed by atoms with van der Waals surface area (Å²) in [6, 6.07) is 14.0. The number of rotatable bonds is 8. The van der Waals surface area contributed by atoms with Crippen LogP contribution in [0.4, 0.5) is 5.69 Å². The standard InChI is InChI=1S/C19H20N4O4/c1-14-3-9-17(10-4-14)26-12-11-22(2)13-18-20-19(21-27-18)15-5-7-16(8-6-15)23(24)25/h3-10H,11-13H2,1-2H3. The second-order valence-electron chi connectivity index (χ2n) is 6.22. The van der Waals surface area contributed by atoms with Crippen LogP contribution in [0, 0.1) is 17.0 Å². The highest BCUT2D eigenvalue weighted by atomic mass is 16.6. The Morgan fingerprint density at radius 2 is 1.85 bits per heavy atom. The fourth-order valence-corrected chi connectivity index (χ4v) is 2.43. The molecule has 0 bridgehead atoms. The molecule has 8 heteroatoms. The van der Waals surface area contributed by atoms with Crippen molar-refractivity contribution in [1.82, 2.24) is 15.0 Å². The molecule has 0 N–H and O–H groups in total. The SMILES string of the molecule is Cc1ccc(OCCN(C)Cc2nc(-c3ccc([N+](=O)[O-])cc3)no2)cc1. The molecule has 0 amide bonds. The number of aromatic nitrogens is 2. The molecule has 0 saturated carbocycles. The van der Waals surface area contributed by atoms with Crippen molar-refractivity contribution in [1.29, 1.82) is 0 Å². The summed E-state index contributed by atoms with van der Waals surface area (Å²) in [7, 11) is 1.94. The summed E-state index contributed by atoms with van der Waals surface area (Å²) >= 11 is 0. The lowest BCUT2D eigenvalue weighted by Gasteiger charge is -2.14. The van der Waals surface area contributed by atoms with Gasteiger partial charge in [-0.3, -0.25) is 15.0 Å². The molecule has 140 valence electrons. The fourth-order valence-electron chi connectivity index (χ4n) is 2.43. The molecule has 1 aromatic heterocycles. The van der Waals surface area contributed by atoms with Crippen molar-refractivity contribution < 1.29 is 14.2 Å². The van der Waals surface area contributed by atoms with Crippen molar-refractivity contribution >= 4 is 5.69 Å². The van der Waals surface area contributed by atoms with E-state index in [1.807, 2.05) is 43.1 Å². The number of nitro benzene ring substituents is 1. The molecule has 0 atom stereocenters. The van der Waals surface area contributed by atoms with Gasteiger partial charge in [-0.1, -0.05) is 22.9 Å². The van der Waals surface area contributed by atoms with E-state index in [4.69, 9.17) is 9.26 Å². The summed E-state index contributed by atoms with van der Waals surface area (Å²) in [5.74, 6) is 1.72. The van der Waals surface area contributed by atoms with Gasteiger partial charge in [0.25, 0.3) is 5.69 Å². The molecule has 0 aliphatic rings. The van der Waals surface area contributed by atoms with Gasteiger partial charge in [-0.05, 0) is 38.2 Å². The number of non-ortho nitro benzene ring substituents is 1. The van der Waals surface area contributed by atoms with E-state index in [1.165, 1.54) is 17.7 Å². The summed E-state index contributed by atoms with van der Waals surface area (Å²) in [5, 5.41) is 14.6. The van der Waals surface area contributed by atoms with Crippen LogP contribution in [0.15, 0.2) is 53.1 Å². The molecule has 0 radical (unpaired) electrons. The zero-order valence-corrected chi connectivity index (χ0v) is 15.2. The summed E-state index contributed by atoms with van der Waals surface area (Å²) in [5.41, 5.74) is 1.89. The Morgan fingerprint density at radius 3 is 2.52 bits per heavy atom. The first kappa shape index (κ1) is 18.5. The Morgan fingerprint density at radius 1 is 1.15 bits per heavy atom. The van der Waals surface area contributed by atoms with Crippen LogP contribution in [-0.2, 0) is 6.54 Å². The molecule has 0 spiro atoms. The van der Waals surface area contributed by atoms with Gasteiger partial charge in [-0.25, -0.2) is 0 Å². The Bertz CT molecular complexity index is 891. The van der Waals surface area contributed by atoms with Gasteiger partial charge in [-0.15, -0.1) is 0 Å². The highest BCUT2D eigenvalue weighted by molar-refractivity contribution is 5.56. The van der Waals surface area contributed by atoms with Crippen molar-refractivity contribution in [3.05, 3.63) is 70.1 Å². The largest absolute Gasteiger partial charge is 0.492 e. The number of nitrogens with zero attached hydrogens (tertiary/aromatic N) is 4. The van der Waals surface area contributed by atoms with Gasteiger partial charge in [0.15, 0.2) is 0 Å². The number of likely N-dealkylation sites (N-methyl/N-ethyl adjacent to an activating group) is 1. The molecule has 0 unspecified atom stereocenters. The van der Waals surface area contributed by atoms with Gasteiger partial charge in [-0.2, -0.15) is 4.98 Å². The summed E-state index contributed by atoms with van der Waals surface area (Å²) in [4.78, 5) is 16.6. The Labute approximate surface area is 156 Å². The lowest BCUT2D eigenvalue weighted by Crippen LogP contribution is -2.24. The molecule has 3 rings (SSSR count). The van der Waals surface area contributed by atoms with Gasteiger partial charge in [0, 0.05) is 24.2 Å². The third-order valence-corrected chi connectivity index (χ3v) is 3.97. The number of hydrogen-bond acceptors (Lipinski definition) is 7. The van der Waals surface area contributed by atoms with Crippen LogP contribution in [0.3, 0.4) is 0 Å². The molecule has 0 saturated heterocycles. The van der Waals surface area contributed by atoms with Gasteiger partial charge in [0.1, 0.15) is 12.4 Å². The molecular formula is C19H20N4O4. The van der Waals surface area contributed by atoms with Crippen LogP contribution in [-0.4, -0.2) is 40.2 Å². The van der Waals surface area contributed by atoms with Crippen LogP contribution >= 0.6 is 0 Å². The highest BCUT2D eigenvalue weighted by Crippen LogP contribution is 2.20. The molecule has 0 aliphatic heterocycles. The van der Waals surface area contributed by atoms with E-state index >= 15 is 0 Å². The van der Waals surface area contributed by atoms with Crippen LogP contribution in [0.5, 0.6) is 5.75 Å². The monoisotopic (exact) mass is 368 g/mol. The first-order chi connectivity index (χ1) is 13.0. The van der Waals surface area contributed by atoms with Crippen LogP contribution < -0.4 is 4.74 Å². The van der Waals surface area contributed by atoms with Crippen molar-refractivity contribution in [2.24, 2.45) is 0 Å². The Balaban J connectivity index is 1.50. The van der Waals surface area contributed by atoms with E-state index < -0.39 is 4.92 Å². The summed E-state index contributed by atoms with van der Waals surface area (Å²) < 4.78 is 11.0. The third-order valence-electron chi connectivity index (χ3n) is 3.97. The quantitative estimate of drug-likeness (QED) is 0.444. The molecule has 1 heterocycles. The summed E-state index contributed by atoms with van der Waals surface area (Å²) in [6.45, 7) is 3.76. The van der Waals surface area contributed by atoms with E-state index in [9.17, 15) is 10.1 Å². The molecule has 0 fully saturated rings. The maximum atomic E-state index is 10.7. The van der Waals surface area contributed by atoms with Gasteiger partial charge < -0.3 is 9.26 Å². The molecule has 3 aromatic rings. The first-order valence-corrected chi connectivity index (χ1v) is 8.47. The minimum atomic E-state index is -0.445. The number of hydrogen-bond donors (Lipinski definition) is 0. The second kappa shape index (κ2) is 8.41. The van der Waals surface area contributed by atoms with Crippen molar-refractivity contribution in [3.63, 3.8) is 0 Å². The highest BCUT2D eigenvalue weighted by Gasteiger charge is 2.12. The van der Waals surface area contributed by atoms with E-state index in [-0.39, 0.29) is 5.69 Å². The fraction of sp³-hybridized carbons (Fsp3) is 0.263. The van der Waals surface area contributed by atoms with Crippen LogP contribution in [0.2, 0.25) is 0 Å². The van der Waals surface area contributed by atoms with E-state index in [2.05, 4.69) is 10.1 Å². The third kappa shape index (κ3) is 5.11. The Hall–Kier alpha value is -3.26. The molecule has 2 aromatic carbocycles. The van der Waals surface area contributed by atoms with E-state index in [1.54, 1.807) is 12.1 Å². The predicted molar refractivity (Wildman–Crippen MR) is 99.4 cm³/mol. The number of ether oxygens (including phenoxy) is 1. The van der Waals surface area contributed by atoms with Gasteiger partial charge >= 0.3 is 0 Å². The summed E-state index contributed by atoms with van der Waals surface area (Å²) in [6.07, 6.45) is 0.